The lowest BCUT2D eigenvalue weighted by Gasteiger charge is -2.15. The Morgan fingerprint density at radius 2 is 2.20 bits per heavy atom. The molecule has 0 radical (unpaired) electrons. The van der Waals surface area contributed by atoms with Crippen molar-refractivity contribution in [1.29, 1.82) is 0 Å². The minimum Gasteiger partial charge on any atom is -0.482 e. The number of ether oxygens (including phenoxy) is 1. The average Bonchev–Trinajstić information content (AvgIpc) is 2.81. The predicted octanol–water partition coefficient (Wildman–Crippen LogP) is 3.19. The summed E-state index contributed by atoms with van der Waals surface area (Å²) in [7, 11) is 0. The van der Waals surface area contributed by atoms with Gasteiger partial charge >= 0.3 is 0 Å². The third-order valence-electron chi connectivity index (χ3n) is 3.32. The first-order valence-electron chi connectivity index (χ1n) is 6.43. The molecule has 20 heavy (non-hydrogen) atoms. The van der Waals surface area contributed by atoms with Gasteiger partial charge in [0.2, 0.25) is 0 Å². The second-order valence-corrected chi connectivity index (χ2v) is 6.03. The molecule has 1 aromatic carbocycles. The highest BCUT2D eigenvalue weighted by Crippen LogP contribution is 2.35. The monoisotopic (exact) mass is 356 g/mol. The van der Waals surface area contributed by atoms with Crippen molar-refractivity contribution in [1.82, 2.24) is 14.8 Å². The zero-order chi connectivity index (χ0) is 14.1. The fraction of sp³-hybridized carbons (Fsp3) is 0.385. The molecule has 0 saturated heterocycles. The second-order valence-electron chi connectivity index (χ2n) is 4.74. The molecule has 2 N–H and O–H groups in total. The van der Waals surface area contributed by atoms with Gasteiger partial charge in [-0.3, -0.25) is 0 Å². The van der Waals surface area contributed by atoms with Gasteiger partial charge in [-0.25, -0.2) is 0 Å². The van der Waals surface area contributed by atoms with Crippen LogP contribution in [0.1, 0.15) is 24.5 Å². The van der Waals surface area contributed by atoms with Gasteiger partial charge in [0, 0.05) is 18.0 Å². The van der Waals surface area contributed by atoms with Crippen molar-refractivity contribution in [3.05, 3.63) is 33.3 Å². The number of anilines is 1. The fourth-order valence-electron chi connectivity index (χ4n) is 2.34. The number of benzene rings is 1. The molecule has 5 nitrogen and oxygen atoms in total. The summed E-state index contributed by atoms with van der Waals surface area (Å²) in [5, 5.41) is 8.96. The highest BCUT2D eigenvalue weighted by molar-refractivity contribution is 9.10. The van der Waals surface area contributed by atoms with Gasteiger partial charge in [-0.1, -0.05) is 11.6 Å². The first-order chi connectivity index (χ1) is 9.65. The third-order valence-corrected chi connectivity index (χ3v) is 4.13. The van der Waals surface area contributed by atoms with Gasteiger partial charge in [0.05, 0.1) is 10.2 Å². The first-order valence-corrected chi connectivity index (χ1v) is 7.60. The molecule has 1 aliphatic heterocycles. The maximum Gasteiger partial charge on any atom is 0.171 e. The van der Waals surface area contributed by atoms with Crippen molar-refractivity contribution in [2.24, 2.45) is 0 Å². The number of nitrogens with zero attached hydrogens (tertiary/aromatic N) is 3. The Morgan fingerprint density at radius 1 is 1.35 bits per heavy atom. The van der Waals surface area contributed by atoms with Crippen LogP contribution in [0.3, 0.4) is 0 Å². The van der Waals surface area contributed by atoms with Crippen LogP contribution in [0.25, 0.3) is 0 Å². The van der Waals surface area contributed by atoms with E-state index in [0.717, 1.165) is 35.5 Å². The molecule has 0 saturated carbocycles. The van der Waals surface area contributed by atoms with Crippen LogP contribution in [0, 0.1) is 0 Å². The van der Waals surface area contributed by atoms with Crippen LogP contribution in [0.15, 0.2) is 16.6 Å². The molecule has 0 fully saturated rings. The van der Waals surface area contributed by atoms with Gasteiger partial charge in [-0.05, 0) is 40.9 Å². The minimum atomic E-state index is 0.345. The average molecular weight is 358 g/mol. The third kappa shape index (κ3) is 2.62. The van der Waals surface area contributed by atoms with Gasteiger partial charge in [-0.15, -0.1) is 10.2 Å². The molecule has 106 valence electrons. The highest BCUT2D eigenvalue weighted by atomic mass is 79.9. The summed E-state index contributed by atoms with van der Waals surface area (Å²) >= 11 is 9.33. The van der Waals surface area contributed by atoms with Crippen molar-refractivity contribution in [2.45, 2.75) is 32.4 Å². The predicted molar refractivity (Wildman–Crippen MR) is 80.9 cm³/mol. The zero-order valence-electron chi connectivity index (χ0n) is 10.8. The van der Waals surface area contributed by atoms with E-state index >= 15 is 0 Å². The Labute approximate surface area is 130 Å². The molecule has 0 unspecified atom stereocenters. The lowest BCUT2D eigenvalue weighted by molar-refractivity contribution is 0.286. The number of nitrogen functional groups attached to an aromatic ring is 1. The van der Waals surface area contributed by atoms with E-state index < -0.39 is 0 Å². The van der Waals surface area contributed by atoms with Crippen molar-refractivity contribution in [2.75, 3.05) is 5.73 Å². The molecule has 1 aromatic heterocycles. The lowest BCUT2D eigenvalue weighted by Crippen LogP contribution is -2.14. The minimum absolute atomic E-state index is 0.345. The van der Waals surface area contributed by atoms with Gasteiger partial charge in [0.1, 0.15) is 12.4 Å². The number of aryl methyl sites for hydroxylation is 1. The number of hydrogen-bond acceptors (Lipinski definition) is 4. The molecular formula is C13H14BrClN4O. The van der Waals surface area contributed by atoms with Crippen LogP contribution in [0.4, 0.5) is 5.69 Å². The Kier molecular flexibility index (Phi) is 3.85. The lowest BCUT2D eigenvalue weighted by atomic mass is 10.2. The molecule has 0 atom stereocenters. The maximum absolute atomic E-state index is 5.92. The van der Waals surface area contributed by atoms with Crippen LogP contribution in [-0.4, -0.2) is 14.8 Å². The maximum atomic E-state index is 5.92. The van der Waals surface area contributed by atoms with Crippen molar-refractivity contribution < 1.29 is 4.74 Å². The first kappa shape index (κ1) is 13.7. The topological polar surface area (TPSA) is 66.0 Å². The smallest absolute Gasteiger partial charge is 0.171 e. The summed E-state index contributed by atoms with van der Waals surface area (Å²) in [6.45, 7) is 1.30. The van der Waals surface area contributed by atoms with E-state index in [1.54, 1.807) is 12.1 Å². The largest absolute Gasteiger partial charge is 0.482 e. The van der Waals surface area contributed by atoms with Crippen LogP contribution in [0.5, 0.6) is 5.75 Å². The molecule has 0 aliphatic carbocycles. The number of aromatic nitrogens is 3. The quantitative estimate of drug-likeness (QED) is 0.857. The standard InChI is InChI=1S/C13H14BrClN4O/c14-9-5-8(15)6-10(16)13(9)20-7-12-18-17-11-3-1-2-4-19(11)12/h5-6H,1-4,7,16H2. The summed E-state index contributed by atoms with van der Waals surface area (Å²) in [6.07, 6.45) is 3.32. The molecule has 0 bridgehead atoms. The number of hydrogen-bond donors (Lipinski definition) is 1. The summed E-state index contributed by atoms with van der Waals surface area (Å²) in [4.78, 5) is 0. The number of rotatable bonds is 3. The van der Waals surface area contributed by atoms with E-state index in [1.807, 2.05) is 0 Å². The van der Waals surface area contributed by atoms with Gasteiger partial charge in [-0.2, -0.15) is 0 Å². The van der Waals surface area contributed by atoms with Crippen molar-refractivity contribution >= 4 is 33.2 Å². The van der Waals surface area contributed by atoms with Crippen LogP contribution in [0.2, 0.25) is 5.02 Å². The summed E-state index contributed by atoms with van der Waals surface area (Å²) in [5.74, 6) is 2.46. The van der Waals surface area contributed by atoms with E-state index in [-0.39, 0.29) is 0 Å². The van der Waals surface area contributed by atoms with Gasteiger partial charge < -0.3 is 15.0 Å². The second kappa shape index (κ2) is 5.61. The van der Waals surface area contributed by atoms with Crippen LogP contribution in [-0.2, 0) is 19.6 Å². The highest BCUT2D eigenvalue weighted by Gasteiger charge is 2.17. The summed E-state index contributed by atoms with van der Waals surface area (Å²) < 4.78 is 8.64. The molecule has 1 aliphatic rings. The summed E-state index contributed by atoms with van der Waals surface area (Å²) in [5.41, 5.74) is 6.42. The van der Waals surface area contributed by atoms with E-state index in [2.05, 4.69) is 30.7 Å². The SMILES string of the molecule is Nc1cc(Cl)cc(Br)c1OCc1nnc2n1CCCC2. The number of halogens is 2. The Hall–Kier alpha value is -1.27. The molecule has 3 rings (SSSR count). The Morgan fingerprint density at radius 3 is 3.00 bits per heavy atom. The zero-order valence-corrected chi connectivity index (χ0v) is 13.1. The van der Waals surface area contributed by atoms with Crippen LogP contribution >= 0.6 is 27.5 Å². The van der Waals surface area contributed by atoms with E-state index in [9.17, 15) is 0 Å². The molecule has 2 aromatic rings. The molecule has 0 spiro atoms. The number of nitrogens with two attached hydrogens (primary N) is 1. The van der Waals surface area contributed by atoms with Gasteiger partial charge in [0.25, 0.3) is 0 Å². The van der Waals surface area contributed by atoms with Gasteiger partial charge in [0.15, 0.2) is 11.6 Å². The molecular weight excluding hydrogens is 344 g/mol. The van der Waals surface area contributed by atoms with Crippen LogP contribution < -0.4 is 10.5 Å². The Balaban J connectivity index is 1.79. The van der Waals surface area contributed by atoms with E-state index in [1.165, 1.54) is 6.42 Å². The molecule has 0 amide bonds. The number of fused-ring (bicyclic) bond motifs is 1. The van der Waals surface area contributed by atoms with E-state index in [0.29, 0.717) is 23.1 Å². The van der Waals surface area contributed by atoms with Crippen molar-refractivity contribution in [3.63, 3.8) is 0 Å². The molecule has 2 heterocycles. The normalized spacial score (nSPS) is 14.1. The van der Waals surface area contributed by atoms with Crippen molar-refractivity contribution in [3.8, 4) is 5.75 Å². The molecule has 7 heteroatoms. The summed E-state index contributed by atoms with van der Waals surface area (Å²) in [6, 6.07) is 3.42. The Bertz CT molecular complexity index is 620. The fourth-order valence-corrected chi connectivity index (χ4v) is 3.29. The van der Waals surface area contributed by atoms with E-state index in [4.69, 9.17) is 22.1 Å².